The Morgan fingerprint density at radius 1 is 1.31 bits per heavy atom. The van der Waals surface area contributed by atoms with Crippen molar-refractivity contribution in [2.24, 2.45) is 7.05 Å². The van der Waals surface area contributed by atoms with E-state index < -0.39 is 6.04 Å². The number of aromatic nitrogens is 1. The fourth-order valence-electron chi connectivity index (χ4n) is 3.11. The molecule has 2 heterocycles. The molecule has 3 rings (SSSR count). The van der Waals surface area contributed by atoms with Gasteiger partial charge in [0.25, 0.3) is 0 Å². The summed E-state index contributed by atoms with van der Waals surface area (Å²) in [6, 6.07) is 10.6. The van der Waals surface area contributed by atoms with Gasteiger partial charge in [0.05, 0.1) is 6.54 Å². The van der Waals surface area contributed by atoms with Crippen LogP contribution in [0.1, 0.15) is 25.0 Å². The van der Waals surface area contributed by atoms with Gasteiger partial charge in [0, 0.05) is 35.6 Å². The Balaban J connectivity index is 1.83. The summed E-state index contributed by atoms with van der Waals surface area (Å²) >= 11 is 3.39. The Hall–Kier alpha value is -2.28. The maximum absolute atomic E-state index is 13.0. The molecule has 2 aromatic rings. The molecule has 1 aromatic carbocycles. The van der Waals surface area contributed by atoms with Crippen molar-refractivity contribution in [1.82, 2.24) is 14.8 Å². The van der Waals surface area contributed by atoms with E-state index in [0.29, 0.717) is 25.2 Å². The minimum Gasteiger partial charge on any atom is -0.354 e. The molecular formula is C19H23BrN4O2. The number of anilines is 1. The summed E-state index contributed by atoms with van der Waals surface area (Å²) < 4.78 is 2.91. The number of benzene rings is 1. The highest BCUT2D eigenvalue weighted by Crippen LogP contribution is 2.19. The zero-order valence-electron chi connectivity index (χ0n) is 14.7. The number of hydrogen-bond acceptors (Lipinski definition) is 2. The van der Waals surface area contributed by atoms with E-state index in [-0.39, 0.29) is 11.9 Å². The monoisotopic (exact) mass is 418 g/mol. The molecule has 1 unspecified atom stereocenters. The highest BCUT2D eigenvalue weighted by Gasteiger charge is 2.31. The maximum Gasteiger partial charge on any atom is 0.322 e. The molecule has 0 aliphatic carbocycles. The van der Waals surface area contributed by atoms with Gasteiger partial charge in [-0.2, -0.15) is 0 Å². The minimum absolute atomic E-state index is 0.0809. The largest absolute Gasteiger partial charge is 0.354 e. The third-order valence-electron chi connectivity index (χ3n) is 4.62. The maximum atomic E-state index is 13.0. The van der Waals surface area contributed by atoms with Gasteiger partial charge in [0.1, 0.15) is 6.04 Å². The number of hydrogen-bond donors (Lipinski definition) is 2. The summed E-state index contributed by atoms with van der Waals surface area (Å²) in [6.07, 6.45) is 4.46. The Labute approximate surface area is 161 Å². The van der Waals surface area contributed by atoms with Crippen LogP contribution in [-0.4, -0.2) is 34.0 Å². The highest BCUT2D eigenvalue weighted by molar-refractivity contribution is 9.10. The summed E-state index contributed by atoms with van der Waals surface area (Å²) in [7, 11) is 1.94. The molecule has 1 aliphatic rings. The molecule has 0 saturated carbocycles. The van der Waals surface area contributed by atoms with Crippen LogP contribution in [-0.2, 0) is 18.4 Å². The third kappa shape index (κ3) is 4.46. The highest BCUT2D eigenvalue weighted by atomic mass is 79.9. The second kappa shape index (κ2) is 8.40. The molecule has 0 radical (unpaired) electrons. The molecule has 3 amide bonds. The second-order valence-electron chi connectivity index (χ2n) is 6.48. The van der Waals surface area contributed by atoms with Crippen LogP contribution in [0.2, 0.25) is 0 Å². The summed E-state index contributed by atoms with van der Waals surface area (Å²) in [5, 5.41) is 5.84. The van der Waals surface area contributed by atoms with E-state index >= 15 is 0 Å². The van der Waals surface area contributed by atoms with Crippen molar-refractivity contribution in [1.29, 1.82) is 0 Å². The fourth-order valence-corrected chi connectivity index (χ4v) is 3.37. The number of amides is 3. The number of halogens is 1. The summed E-state index contributed by atoms with van der Waals surface area (Å²) in [4.78, 5) is 27.2. The van der Waals surface area contributed by atoms with Crippen LogP contribution in [0.3, 0.4) is 0 Å². The van der Waals surface area contributed by atoms with Crippen molar-refractivity contribution >= 4 is 33.6 Å². The predicted molar refractivity (Wildman–Crippen MR) is 105 cm³/mol. The lowest BCUT2D eigenvalue weighted by Gasteiger charge is -2.30. The molecular weight excluding hydrogens is 396 g/mol. The molecule has 1 aliphatic heterocycles. The SMILES string of the molecule is Cn1cccc1CN(C(=O)Nc1ccc(Br)cc1)C1CCCCNC1=O. The Morgan fingerprint density at radius 3 is 2.77 bits per heavy atom. The number of carbonyl (C=O) groups excluding carboxylic acids is 2. The molecule has 1 saturated heterocycles. The number of aryl methyl sites for hydroxylation is 1. The first-order valence-electron chi connectivity index (χ1n) is 8.76. The van der Waals surface area contributed by atoms with Gasteiger partial charge in [-0.1, -0.05) is 15.9 Å². The first-order chi connectivity index (χ1) is 12.5. The summed E-state index contributed by atoms with van der Waals surface area (Å²) in [5.74, 6) is -0.0809. The molecule has 6 nitrogen and oxygen atoms in total. The lowest BCUT2D eigenvalue weighted by molar-refractivity contribution is -0.125. The van der Waals surface area contributed by atoms with Gasteiger partial charge in [0.15, 0.2) is 0 Å². The lowest BCUT2D eigenvalue weighted by atomic mass is 10.1. The van der Waals surface area contributed by atoms with E-state index in [2.05, 4.69) is 26.6 Å². The average molecular weight is 419 g/mol. The van der Waals surface area contributed by atoms with Gasteiger partial charge >= 0.3 is 6.03 Å². The summed E-state index contributed by atoms with van der Waals surface area (Å²) in [5.41, 5.74) is 1.68. The van der Waals surface area contributed by atoms with E-state index in [1.807, 2.05) is 54.2 Å². The standard InChI is InChI=1S/C19H23BrN4O2/c1-23-12-4-5-16(23)13-24(17-6-2-3-11-21-18(17)25)19(26)22-15-9-7-14(20)8-10-15/h4-5,7-10,12,17H,2-3,6,11,13H2,1H3,(H,21,25)(H,22,26). The van der Waals surface area contributed by atoms with Crippen molar-refractivity contribution < 1.29 is 9.59 Å². The van der Waals surface area contributed by atoms with Gasteiger partial charge < -0.3 is 20.1 Å². The van der Waals surface area contributed by atoms with Crippen LogP contribution >= 0.6 is 15.9 Å². The fraction of sp³-hybridized carbons (Fsp3) is 0.368. The molecule has 138 valence electrons. The summed E-state index contributed by atoms with van der Waals surface area (Å²) in [6.45, 7) is 1.05. The number of nitrogens with zero attached hydrogens (tertiary/aromatic N) is 2. The number of nitrogens with one attached hydrogen (secondary N) is 2. The molecule has 1 fully saturated rings. The van der Waals surface area contributed by atoms with E-state index in [9.17, 15) is 9.59 Å². The number of rotatable bonds is 4. The first-order valence-corrected chi connectivity index (χ1v) is 9.55. The van der Waals surface area contributed by atoms with E-state index in [0.717, 1.165) is 23.0 Å². The molecule has 0 spiro atoms. The van der Waals surface area contributed by atoms with Crippen LogP contribution < -0.4 is 10.6 Å². The number of carbonyl (C=O) groups is 2. The van der Waals surface area contributed by atoms with Crippen molar-refractivity contribution in [2.45, 2.75) is 31.8 Å². The smallest absolute Gasteiger partial charge is 0.322 e. The lowest BCUT2D eigenvalue weighted by Crippen LogP contribution is -2.50. The molecule has 26 heavy (non-hydrogen) atoms. The zero-order chi connectivity index (χ0) is 18.5. The molecule has 7 heteroatoms. The van der Waals surface area contributed by atoms with Crippen LogP contribution in [0, 0.1) is 0 Å². The van der Waals surface area contributed by atoms with Gasteiger partial charge in [0.2, 0.25) is 5.91 Å². The van der Waals surface area contributed by atoms with E-state index in [1.165, 1.54) is 0 Å². The van der Waals surface area contributed by atoms with E-state index in [1.54, 1.807) is 4.90 Å². The molecule has 0 bridgehead atoms. The predicted octanol–water partition coefficient (Wildman–Crippen LogP) is 3.49. The molecule has 2 N–H and O–H groups in total. The topological polar surface area (TPSA) is 66.4 Å². The second-order valence-corrected chi connectivity index (χ2v) is 7.39. The Bertz CT molecular complexity index is 772. The van der Waals surface area contributed by atoms with Gasteiger partial charge in [-0.15, -0.1) is 0 Å². The normalized spacial score (nSPS) is 17.3. The Kier molecular flexibility index (Phi) is 5.98. The Morgan fingerprint density at radius 2 is 2.08 bits per heavy atom. The average Bonchev–Trinajstić information content (AvgIpc) is 2.90. The quantitative estimate of drug-likeness (QED) is 0.797. The first kappa shape index (κ1) is 18.5. The number of urea groups is 1. The van der Waals surface area contributed by atoms with Gasteiger partial charge in [-0.25, -0.2) is 4.79 Å². The van der Waals surface area contributed by atoms with Crippen molar-refractivity contribution in [3.8, 4) is 0 Å². The van der Waals surface area contributed by atoms with Crippen molar-refractivity contribution in [2.75, 3.05) is 11.9 Å². The van der Waals surface area contributed by atoms with Crippen molar-refractivity contribution in [3.63, 3.8) is 0 Å². The van der Waals surface area contributed by atoms with Crippen LogP contribution in [0.5, 0.6) is 0 Å². The molecule has 1 aromatic heterocycles. The van der Waals surface area contributed by atoms with Gasteiger partial charge in [-0.05, 0) is 55.7 Å². The zero-order valence-corrected chi connectivity index (χ0v) is 16.3. The molecule has 1 atom stereocenters. The van der Waals surface area contributed by atoms with Crippen molar-refractivity contribution in [3.05, 3.63) is 52.8 Å². The van der Waals surface area contributed by atoms with E-state index in [4.69, 9.17) is 0 Å². The minimum atomic E-state index is -0.470. The van der Waals surface area contributed by atoms with Gasteiger partial charge in [-0.3, -0.25) is 4.79 Å². The van der Waals surface area contributed by atoms with Crippen LogP contribution in [0.15, 0.2) is 47.1 Å². The van der Waals surface area contributed by atoms with Crippen LogP contribution in [0.25, 0.3) is 0 Å². The van der Waals surface area contributed by atoms with Crippen LogP contribution in [0.4, 0.5) is 10.5 Å². The third-order valence-corrected chi connectivity index (χ3v) is 5.15.